The number of rotatable bonds is 9. The van der Waals surface area contributed by atoms with Crippen molar-refractivity contribution in [3.05, 3.63) is 65.7 Å². The van der Waals surface area contributed by atoms with Crippen molar-refractivity contribution in [1.82, 2.24) is 4.98 Å². The Morgan fingerprint density at radius 3 is 2.38 bits per heavy atom. The van der Waals surface area contributed by atoms with Gasteiger partial charge in [0.2, 0.25) is 5.91 Å². The average Bonchev–Trinajstić information content (AvgIpc) is 2.84. The molecule has 0 aliphatic heterocycles. The Balaban J connectivity index is 2.04. The van der Waals surface area contributed by atoms with Gasteiger partial charge < -0.3 is 25.6 Å². The number of ether oxygens (including phenoxy) is 2. The number of carboxylic acids is 1. The topological polar surface area (TPSA) is 124 Å². The maximum atomic E-state index is 14.6. The summed E-state index contributed by atoms with van der Waals surface area (Å²) in [5, 5.41) is 12.0. The van der Waals surface area contributed by atoms with E-state index in [1.165, 1.54) is 13.0 Å². The lowest BCUT2D eigenvalue weighted by Crippen LogP contribution is -2.27. The number of carbonyl (C=O) groups excluding carboxylic acids is 1. The van der Waals surface area contributed by atoms with Crippen LogP contribution in [0, 0.1) is 17.0 Å². The first-order valence-corrected chi connectivity index (χ1v) is 11.6. The number of aromatic nitrogens is 1. The molecule has 0 fully saturated rings. The Labute approximate surface area is 213 Å². The number of nitrogens with two attached hydrogens (primary N) is 1. The number of halogens is 2. The first-order chi connectivity index (χ1) is 17.4. The summed E-state index contributed by atoms with van der Waals surface area (Å²) in [7, 11) is 0. The predicted octanol–water partition coefficient (Wildman–Crippen LogP) is 5.50. The van der Waals surface area contributed by atoms with Crippen LogP contribution in [0.15, 0.2) is 48.5 Å². The van der Waals surface area contributed by atoms with Crippen LogP contribution in [-0.4, -0.2) is 28.1 Å². The number of amides is 1. The number of anilines is 1. The van der Waals surface area contributed by atoms with E-state index in [2.05, 4.69) is 10.3 Å². The summed E-state index contributed by atoms with van der Waals surface area (Å²) in [5.41, 5.74) is 7.73. The zero-order chi connectivity index (χ0) is 27.3. The van der Waals surface area contributed by atoms with Gasteiger partial charge in [-0.25, -0.2) is 13.6 Å². The molecule has 37 heavy (non-hydrogen) atoms. The van der Waals surface area contributed by atoms with Gasteiger partial charge in [-0.1, -0.05) is 45.9 Å². The smallest absolute Gasteiger partial charge is 0.344 e. The number of aliphatic carboxylic acids is 1. The second-order valence-electron chi connectivity index (χ2n) is 9.37. The molecule has 8 nitrogen and oxygen atoms in total. The number of carbonyl (C=O) groups is 2. The van der Waals surface area contributed by atoms with Gasteiger partial charge in [0.15, 0.2) is 17.7 Å². The van der Waals surface area contributed by atoms with Crippen molar-refractivity contribution in [2.45, 2.75) is 46.8 Å². The predicted molar refractivity (Wildman–Crippen MR) is 134 cm³/mol. The minimum atomic E-state index is -1.38. The molecule has 1 heterocycles. The van der Waals surface area contributed by atoms with Crippen molar-refractivity contribution in [2.24, 2.45) is 11.1 Å². The zero-order valence-corrected chi connectivity index (χ0v) is 21.0. The molecule has 0 radical (unpaired) electrons. The maximum absolute atomic E-state index is 14.6. The highest BCUT2D eigenvalue weighted by atomic mass is 19.1. The van der Waals surface area contributed by atoms with Gasteiger partial charge >= 0.3 is 5.97 Å². The highest BCUT2D eigenvalue weighted by molar-refractivity contribution is 5.95. The van der Waals surface area contributed by atoms with Gasteiger partial charge in [-0.2, -0.15) is 4.98 Å². The maximum Gasteiger partial charge on any atom is 0.344 e. The molecular weight excluding hydrogens is 484 g/mol. The van der Waals surface area contributed by atoms with Gasteiger partial charge in [0, 0.05) is 29.8 Å². The first kappa shape index (κ1) is 27.5. The van der Waals surface area contributed by atoms with Crippen LogP contribution in [0.1, 0.15) is 39.7 Å². The molecule has 0 aliphatic rings. The second-order valence-corrected chi connectivity index (χ2v) is 9.37. The number of carboxylic acid groups (broad SMARTS) is 1. The van der Waals surface area contributed by atoms with Crippen LogP contribution in [0.5, 0.6) is 17.5 Å². The molecule has 4 N–H and O–H groups in total. The quantitative estimate of drug-likeness (QED) is 0.345. The molecule has 3 aromatic rings. The van der Waals surface area contributed by atoms with Gasteiger partial charge in [0.05, 0.1) is 0 Å². The van der Waals surface area contributed by atoms with E-state index < -0.39 is 40.9 Å². The standard InChI is InChI=1S/C27H29F2N3O5/c1-5-22(25(33)34)37-24-21(29)13-20(28)23(32-24)36-19-11-17(16-8-6-7-15(9-16)14-30)10-18(12-19)31-26(35)27(2,3)4/h6-13,22H,5,14,30H2,1-4H3,(H,31,35)(H,33,34). The largest absolute Gasteiger partial charge is 0.479 e. The molecule has 0 aliphatic carbocycles. The number of benzene rings is 2. The van der Waals surface area contributed by atoms with Gasteiger partial charge in [-0.15, -0.1) is 0 Å². The number of pyridine rings is 1. The van der Waals surface area contributed by atoms with Crippen LogP contribution in [0.4, 0.5) is 14.5 Å². The van der Waals surface area contributed by atoms with Crippen molar-refractivity contribution < 1.29 is 33.0 Å². The molecule has 2 aromatic carbocycles. The Morgan fingerprint density at radius 1 is 1.05 bits per heavy atom. The molecule has 0 saturated carbocycles. The van der Waals surface area contributed by atoms with Gasteiger partial charge in [-0.3, -0.25) is 4.79 Å². The lowest BCUT2D eigenvalue weighted by atomic mass is 9.95. The molecule has 3 rings (SSSR count). The third-order valence-electron chi connectivity index (χ3n) is 5.32. The van der Waals surface area contributed by atoms with Crippen LogP contribution in [-0.2, 0) is 16.1 Å². The summed E-state index contributed by atoms with van der Waals surface area (Å²) < 4.78 is 39.6. The molecule has 0 spiro atoms. The number of nitrogens with zero attached hydrogens (tertiary/aromatic N) is 1. The number of nitrogens with one attached hydrogen (secondary N) is 1. The summed E-state index contributed by atoms with van der Waals surface area (Å²) in [4.78, 5) is 27.6. The average molecular weight is 514 g/mol. The first-order valence-electron chi connectivity index (χ1n) is 11.6. The molecule has 0 bridgehead atoms. The third kappa shape index (κ3) is 7.01. The second kappa shape index (κ2) is 11.3. The van der Waals surface area contributed by atoms with Gasteiger partial charge in [0.1, 0.15) is 5.75 Å². The van der Waals surface area contributed by atoms with Crippen LogP contribution in [0.3, 0.4) is 0 Å². The van der Waals surface area contributed by atoms with Crippen LogP contribution in [0.25, 0.3) is 11.1 Å². The molecule has 10 heteroatoms. The summed E-state index contributed by atoms with van der Waals surface area (Å²) >= 11 is 0. The van der Waals surface area contributed by atoms with Crippen LogP contribution < -0.4 is 20.5 Å². The lowest BCUT2D eigenvalue weighted by Gasteiger charge is -2.19. The minimum absolute atomic E-state index is 0.0325. The summed E-state index contributed by atoms with van der Waals surface area (Å²) in [5.74, 6) is -5.11. The Morgan fingerprint density at radius 2 is 1.76 bits per heavy atom. The molecule has 1 unspecified atom stereocenters. The molecule has 1 atom stereocenters. The third-order valence-corrected chi connectivity index (χ3v) is 5.32. The molecule has 196 valence electrons. The van der Waals surface area contributed by atoms with E-state index in [0.29, 0.717) is 23.9 Å². The molecule has 1 amide bonds. The fourth-order valence-corrected chi connectivity index (χ4v) is 3.24. The van der Waals surface area contributed by atoms with E-state index in [4.69, 9.17) is 15.2 Å². The van der Waals surface area contributed by atoms with Crippen molar-refractivity contribution in [2.75, 3.05) is 5.32 Å². The van der Waals surface area contributed by atoms with Crippen LogP contribution >= 0.6 is 0 Å². The Bertz CT molecular complexity index is 1310. The summed E-state index contributed by atoms with van der Waals surface area (Å²) in [6, 6.07) is 12.7. The lowest BCUT2D eigenvalue weighted by molar-refractivity contribution is -0.145. The van der Waals surface area contributed by atoms with Gasteiger partial charge in [-0.05, 0) is 41.3 Å². The van der Waals surface area contributed by atoms with Crippen molar-refractivity contribution in [3.8, 4) is 28.6 Å². The van der Waals surface area contributed by atoms with Crippen molar-refractivity contribution in [3.63, 3.8) is 0 Å². The SMILES string of the molecule is CCC(Oc1nc(Oc2cc(NC(=O)C(C)(C)C)cc(-c3cccc(CN)c3)c2)c(F)cc1F)C(=O)O. The minimum Gasteiger partial charge on any atom is -0.479 e. The van der Waals surface area contributed by atoms with Crippen molar-refractivity contribution >= 4 is 17.6 Å². The normalized spacial score (nSPS) is 12.1. The summed E-state index contributed by atoms with van der Waals surface area (Å²) in [6.45, 7) is 7.13. The van der Waals surface area contributed by atoms with E-state index in [0.717, 1.165) is 11.1 Å². The molecule has 1 aromatic heterocycles. The fourth-order valence-electron chi connectivity index (χ4n) is 3.24. The Hall–Kier alpha value is -4.05. The number of hydrogen-bond donors (Lipinski definition) is 3. The van der Waals surface area contributed by atoms with E-state index in [9.17, 15) is 23.5 Å². The van der Waals surface area contributed by atoms with Crippen molar-refractivity contribution in [1.29, 1.82) is 0 Å². The fraction of sp³-hybridized carbons (Fsp3) is 0.296. The van der Waals surface area contributed by atoms with E-state index in [1.54, 1.807) is 32.9 Å². The highest BCUT2D eigenvalue weighted by Gasteiger charge is 2.24. The number of hydrogen-bond acceptors (Lipinski definition) is 6. The van der Waals surface area contributed by atoms with E-state index in [-0.39, 0.29) is 18.1 Å². The highest BCUT2D eigenvalue weighted by Crippen LogP contribution is 2.34. The summed E-state index contributed by atoms with van der Waals surface area (Å²) in [6.07, 6.45) is -1.34. The molecule has 0 saturated heterocycles. The van der Waals surface area contributed by atoms with E-state index in [1.807, 2.05) is 24.3 Å². The van der Waals surface area contributed by atoms with E-state index >= 15 is 0 Å². The zero-order valence-electron chi connectivity index (χ0n) is 21.0. The monoisotopic (exact) mass is 513 g/mol. The molecular formula is C27H29F2N3O5. The Kier molecular flexibility index (Phi) is 8.44. The van der Waals surface area contributed by atoms with Crippen LogP contribution in [0.2, 0.25) is 0 Å². The van der Waals surface area contributed by atoms with Gasteiger partial charge in [0.25, 0.3) is 11.8 Å².